The van der Waals surface area contributed by atoms with E-state index in [9.17, 15) is 4.79 Å². The molecule has 2 heterocycles. The SMILES string of the molecule is COc1cc2c(cc1OC)CN(C(=O)CCCNCC1CNNC1C)CC2. The number of hydrazine groups is 1. The summed E-state index contributed by atoms with van der Waals surface area (Å²) < 4.78 is 10.8. The van der Waals surface area contributed by atoms with E-state index in [1.807, 2.05) is 17.0 Å². The smallest absolute Gasteiger partial charge is 0.222 e. The summed E-state index contributed by atoms with van der Waals surface area (Å²) in [4.78, 5) is 14.5. The van der Waals surface area contributed by atoms with Gasteiger partial charge in [-0.1, -0.05) is 0 Å². The van der Waals surface area contributed by atoms with Gasteiger partial charge < -0.3 is 19.7 Å². The van der Waals surface area contributed by atoms with E-state index in [2.05, 4.69) is 23.1 Å². The van der Waals surface area contributed by atoms with Crippen LogP contribution in [0.3, 0.4) is 0 Å². The predicted molar refractivity (Wildman–Crippen MR) is 105 cm³/mol. The minimum absolute atomic E-state index is 0.231. The molecule has 1 saturated heterocycles. The summed E-state index contributed by atoms with van der Waals surface area (Å²) in [5.74, 6) is 2.31. The Bertz CT molecular complexity index is 652. The number of benzene rings is 1. The molecule has 3 N–H and O–H groups in total. The lowest BCUT2D eigenvalue weighted by atomic mass is 9.98. The maximum atomic E-state index is 12.6. The third-order valence-corrected chi connectivity index (χ3v) is 5.62. The van der Waals surface area contributed by atoms with Crippen LogP contribution in [0.4, 0.5) is 0 Å². The van der Waals surface area contributed by atoms with Crippen LogP contribution in [0.25, 0.3) is 0 Å². The van der Waals surface area contributed by atoms with E-state index in [1.54, 1.807) is 14.2 Å². The van der Waals surface area contributed by atoms with Crippen molar-refractivity contribution in [3.05, 3.63) is 23.3 Å². The molecule has 1 fully saturated rings. The number of hydrogen-bond acceptors (Lipinski definition) is 6. The van der Waals surface area contributed by atoms with Crippen molar-refractivity contribution >= 4 is 5.91 Å². The van der Waals surface area contributed by atoms with E-state index in [0.717, 1.165) is 56.1 Å². The van der Waals surface area contributed by atoms with Crippen molar-refractivity contribution in [3.63, 3.8) is 0 Å². The molecule has 1 aromatic rings. The van der Waals surface area contributed by atoms with Crippen LogP contribution >= 0.6 is 0 Å². The van der Waals surface area contributed by atoms with Gasteiger partial charge in [-0.25, -0.2) is 0 Å². The molecule has 0 aromatic heterocycles. The number of methoxy groups -OCH3 is 2. The van der Waals surface area contributed by atoms with Gasteiger partial charge in [0, 0.05) is 44.6 Å². The van der Waals surface area contributed by atoms with Crippen molar-refractivity contribution < 1.29 is 14.3 Å². The standard InChI is InChI=1S/C20H32N4O3/c1-14-17(12-22-23-14)11-21-7-4-5-20(25)24-8-6-15-9-18(26-2)19(27-3)10-16(15)13-24/h9-10,14,17,21-23H,4-8,11-13H2,1-3H3. The third-order valence-electron chi connectivity index (χ3n) is 5.62. The van der Waals surface area contributed by atoms with Gasteiger partial charge in [0.1, 0.15) is 0 Å². The number of nitrogens with one attached hydrogen (secondary N) is 3. The second-order valence-corrected chi connectivity index (χ2v) is 7.42. The highest BCUT2D eigenvalue weighted by Crippen LogP contribution is 2.33. The van der Waals surface area contributed by atoms with E-state index in [1.165, 1.54) is 5.56 Å². The maximum Gasteiger partial charge on any atom is 0.222 e. The number of carbonyl (C=O) groups excluding carboxylic acids is 1. The van der Waals surface area contributed by atoms with Crippen LogP contribution in [-0.4, -0.2) is 57.2 Å². The Morgan fingerprint density at radius 1 is 1.26 bits per heavy atom. The highest BCUT2D eigenvalue weighted by Gasteiger charge is 2.23. The molecule has 2 aliphatic heterocycles. The molecule has 1 aromatic carbocycles. The van der Waals surface area contributed by atoms with E-state index in [0.29, 0.717) is 24.9 Å². The Morgan fingerprint density at radius 3 is 2.67 bits per heavy atom. The van der Waals surface area contributed by atoms with Gasteiger partial charge in [0.2, 0.25) is 5.91 Å². The fourth-order valence-corrected chi connectivity index (χ4v) is 3.80. The lowest BCUT2D eigenvalue weighted by molar-refractivity contribution is -0.132. The molecule has 27 heavy (non-hydrogen) atoms. The Hall–Kier alpha value is -1.83. The summed E-state index contributed by atoms with van der Waals surface area (Å²) in [6, 6.07) is 4.52. The highest BCUT2D eigenvalue weighted by molar-refractivity contribution is 5.76. The molecule has 150 valence electrons. The van der Waals surface area contributed by atoms with E-state index in [4.69, 9.17) is 9.47 Å². The summed E-state index contributed by atoms with van der Waals surface area (Å²) in [5, 5.41) is 3.48. The molecule has 3 rings (SSSR count). The van der Waals surface area contributed by atoms with E-state index in [-0.39, 0.29) is 5.91 Å². The van der Waals surface area contributed by atoms with Gasteiger partial charge in [0.25, 0.3) is 0 Å². The summed E-state index contributed by atoms with van der Waals surface area (Å²) in [7, 11) is 3.29. The molecule has 2 aliphatic rings. The number of hydrogen-bond donors (Lipinski definition) is 3. The van der Waals surface area contributed by atoms with Crippen LogP contribution in [0, 0.1) is 5.92 Å². The fraction of sp³-hybridized carbons (Fsp3) is 0.650. The molecule has 7 heteroatoms. The first-order chi connectivity index (χ1) is 13.1. The zero-order chi connectivity index (χ0) is 19.2. The van der Waals surface area contributed by atoms with Crippen molar-refractivity contribution in [3.8, 4) is 11.5 Å². The number of amides is 1. The van der Waals surface area contributed by atoms with Crippen LogP contribution < -0.4 is 25.6 Å². The molecule has 2 atom stereocenters. The molecular weight excluding hydrogens is 344 g/mol. The van der Waals surface area contributed by atoms with Crippen LogP contribution in [0.15, 0.2) is 12.1 Å². The molecule has 1 amide bonds. The van der Waals surface area contributed by atoms with Gasteiger partial charge in [0.05, 0.1) is 14.2 Å². The third kappa shape index (κ3) is 4.91. The van der Waals surface area contributed by atoms with Gasteiger partial charge in [-0.15, -0.1) is 0 Å². The number of fused-ring (bicyclic) bond motifs is 1. The zero-order valence-corrected chi connectivity index (χ0v) is 16.6. The van der Waals surface area contributed by atoms with Gasteiger partial charge in [-0.3, -0.25) is 15.6 Å². The molecule has 0 radical (unpaired) electrons. The lowest BCUT2D eigenvalue weighted by Gasteiger charge is -2.29. The Labute approximate surface area is 161 Å². The molecule has 2 unspecified atom stereocenters. The Kier molecular flexibility index (Phi) is 6.93. The fourth-order valence-electron chi connectivity index (χ4n) is 3.80. The average Bonchev–Trinajstić information content (AvgIpc) is 3.10. The largest absolute Gasteiger partial charge is 0.493 e. The number of rotatable bonds is 8. The van der Waals surface area contributed by atoms with Gasteiger partial charge >= 0.3 is 0 Å². The second kappa shape index (κ2) is 9.39. The van der Waals surface area contributed by atoms with E-state index >= 15 is 0 Å². The van der Waals surface area contributed by atoms with Crippen LogP contribution in [0.5, 0.6) is 11.5 Å². The molecule has 7 nitrogen and oxygen atoms in total. The number of nitrogens with zero attached hydrogens (tertiary/aromatic N) is 1. The number of ether oxygens (including phenoxy) is 2. The topological polar surface area (TPSA) is 74.9 Å². The number of carbonyl (C=O) groups is 1. The average molecular weight is 377 g/mol. The normalized spacial score (nSPS) is 21.8. The summed E-state index contributed by atoms with van der Waals surface area (Å²) in [6.45, 7) is 6.46. The zero-order valence-electron chi connectivity index (χ0n) is 16.6. The van der Waals surface area contributed by atoms with Gasteiger partial charge in [0.15, 0.2) is 11.5 Å². The van der Waals surface area contributed by atoms with Crippen molar-refractivity contribution in [2.75, 3.05) is 40.4 Å². The van der Waals surface area contributed by atoms with Crippen molar-refractivity contribution in [2.45, 2.75) is 38.8 Å². The molecule has 0 saturated carbocycles. The Balaban J connectivity index is 1.43. The van der Waals surface area contributed by atoms with E-state index < -0.39 is 0 Å². The quantitative estimate of drug-likeness (QED) is 0.590. The van der Waals surface area contributed by atoms with Crippen molar-refractivity contribution in [1.82, 2.24) is 21.1 Å². The summed E-state index contributed by atoms with van der Waals surface area (Å²) in [6.07, 6.45) is 2.32. The van der Waals surface area contributed by atoms with Crippen molar-refractivity contribution in [2.24, 2.45) is 5.92 Å². The maximum absolute atomic E-state index is 12.6. The first-order valence-corrected chi connectivity index (χ1v) is 9.83. The Morgan fingerprint density at radius 2 is 2.00 bits per heavy atom. The monoisotopic (exact) mass is 376 g/mol. The van der Waals surface area contributed by atoms with Gasteiger partial charge in [-0.05, 0) is 49.6 Å². The highest BCUT2D eigenvalue weighted by atomic mass is 16.5. The van der Waals surface area contributed by atoms with Crippen LogP contribution in [-0.2, 0) is 17.8 Å². The predicted octanol–water partition coefficient (Wildman–Crippen LogP) is 1.07. The summed E-state index contributed by atoms with van der Waals surface area (Å²) in [5.41, 5.74) is 8.80. The van der Waals surface area contributed by atoms with Crippen LogP contribution in [0.1, 0.15) is 30.9 Å². The minimum Gasteiger partial charge on any atom is -0.493 e. The van der Waals surface area contributed by atoms with Crippen molar-refractivity contribution in [1.29, 1.82) is 0 Å². The second-order valence-electron chi connectivity index (χ2n) is 7.42. The van der Waals surface area contributed by atoms with Gasteiger partial charge in [-0.2, -0.15) is 0 Å². The first kappa shape index (κ1) is 19.9. The minimum atomic E-state index is 0.231. The molecule has 0 aliphatic carbocycles. The van der Waals surface area contributed by atoms with Crippen LogP contribution in [0.2, 0.25) is 0 Å². The first-order valence-electron chi connectivity index (χ1n) is 9.83. The summed E-state index contributed by atoms with van der Waals surface area (Å²) >= 11 is 0. The molecule has 0 bridgehead atoms. The molecular formula is C20H32N4O3. The lowest BCUT2D eigenvalue weighted by Crippen LogP contribution is -2.36. The molecule has 0 spiro atoms.